The lowest BCUT2D eigenvalue weighted by Gasteiger charge is -2.07. The number of halogens is 1. The molecule has 1 aromatic carbocycles. The molecule has 0 aliphatic rings. The first-order valence-corrected chi connectivity index (χ1v) is 5.61. The minimum absolute atomic E-state index is 0.752. The summed E-state index contributed by atoms with van der Waals surface area (Å²) < 4.78 is 6.37. The Morgan fingerprint density at radius 3 is 2.86 bits per heavy atom. The van der Waals surface area contributed by atoms with Crippen LogP contribution in [-0.2, 0) is 4.74 Å². The molecule has 0 aromatic heterocycles. The summed E-state index contributed by atoms with van der Waals surface area (Å²) in [6, 6.07) is 6.25. The van der Waals surface area contributed by atoms with Gasteiger partial charge in [0.25, 0.3) is 0 Å². The summed E-state index contributed by atoms with van der Waals surface area (Å²) in [7, 11) is 0. The second kappa shape index (κ2) is 6.04. The third kappa shape index (κ3) is 3.68. The van der Waals surface area contributed by atoms with Gasteiger partial charge in [-0.1, -0.05) is 22.0 Å². The number of benzene rings is 1. The van der Waals surface area contributed by atoms with E-state index in [1.807, 2.05) is 6.92 Å². The van der Waals surface area contributed by atoms with Crippen molar-refractivity contribution in [3.05, 3.63) is 28.2 Å². The lowest BCUT2D eigenvalue weighted by molar-refractivity contribution is 0.158. The van der Waals surface area contributed by atoms with Crippen molar-refractivity contribution in [2.75, 3.05) is 25.1 Å². The zero-order valence-electron chi connectivity index (χ0n) is 8.64. The molecule has 0 saturated heterocycles. The van der Waals surface area contributed by atoms with Gasteiger partial charge < -0.3 is 10.1 Å². The number of rotatable bonds is 5. The van der Waals surface area contributed by atoms with Crippen molar-refractivity contribution in [1.29, 1.82) is 0 Å². The largest absolute Gasteiger partial charge is 0.383 e. The molecule has 0 aliphatic carbocycles. The van der Waals surface area contributed by atoms with Crippen LogP contribution in [-0.4, -0.2) is 19.8 Å². The second-order valence-corrected chi connectivity index (χ2v) is 3.94. The number of aryl methyl sites for hydroxylation is 1. The first kappa shape index (κ1) is 11.5. The Balaban J connectivity index is 2.39. The molecular weight excluding hydrogens is 242 g/mol. The van der Waals surface area contributed by atoms with Crippen LogP contribution in [0.15, 0.2) is 22.7 Å². The molecule has 2 nitrogen and oxygen atoms in total. The maximum Gasteiger partial charge on any atom is 0.0638 e. The SMILES string of the molecule is CCOCCNc1ccc(C)c(Br)c1. The van der Waals surface area contributed by atoms with Gasteiger partial charge in [-0.2, -0.15) is 0 Å². The summed E-state index contributed by atoms with van der Waals surface area (Å²) in [5.74, 6) is 0. The molecule has 0 amide bonds. The summed E-state index contributed by atoms with van der Waals surface area (Å²) in [4.78, 5) is 0. The van der Waals surface area contributed by atoms with Gasteiger partial charge in [0, 0.05) is 23.3 Å². The van der Waals surface area contributed by atoms with Crippen LogP contribution in [0.25, 0.3) is 0 Å². The number of anilines is 1. The highest BCUT2D eigenvalue weighted by atomic mass is 79.9. The van der Waals surface area contributed by atoms with Crippen LogP contribution in [0, 0.1) is 6.92 Å². The molecule has 0 atom stereocenters. The van der Waals surface area contributed by atoms with Gasteiger partial charge in [-0.05, 0) is 31.5 Å². The maximum atomic E-state index is 5.23. The molecule has 0 unspecified atom stereocenters. The van der Waals surface area contributed by atoms with E-state index >= 15 is 0 Å². The number of hydrogen-bond donors (Lipinski definition) is 1. The zero-order valence-corrected chi connectivity index (χ0v) is 10.2. The molecule has 0 bridgehead atoms. The first-order chi connectivity index (χ1) is 6.74. The predicted octanol–water partition coefficient (Wildman–Crippen LogP) is 3.21. The minimum Gasteiger partial charge on any atom is -0.383 e. The van der Waals surface area contributed by atoms with E-state index in [2.05, 4.69) is 46.4 Å². The van der Waals surface area contributed by atoms with E-state index in [-0.39, 0.29) is 0 Å². The molecule has 0 heterocycles. The van der Waals surface area contributed by atoms with Crippen LogP contribution in [0.5, 0.6) is 0 Å². The van der Waals surface area contributed by atoms with Crippen molar-refractivity contribution in [3.8, 4) is 0 Å². The average molecular weight is 258 g/mol. The summed E-state index contributed by atoms with van der Waals surface area (Å²) in [6.45, 7) is 6.46. The van der Waals surface area contributed by atoms with Crippen molar-refractivity contribution >= 4 is 21.6 Å². The maximum absolute atomic E-state index is 5.23. The Labute approximate surface area is 93.8 Å². The van der Waals surface area contributed by atoms with Gasteiger partial charge in [0.1, 0.15) is 0 Å². The van der Waals surface area contributed by atoms with Crippen LogP contribution < -0.4 is 5.32 Å². The monoisotopic (exact) mass is 257 g/mol. The van der Waals surface area contributed by atoms with E-state index in [1.54, 1.807) is 0 Å². The topological polar surface area (TPSA) is 21.3 Å². The standard InChI is InChI=1S/C11H16BrNO/c1-3-14-7-6-13-10-5-4-9(2)11(12)8-10/h4-5,8,13H,3,6-7H2,1-2H3. The molecular formula is C11H16BrNO. The molecule has 3 heteroatoms. The molecule has 0 saturated carbocycles. The van der Waals surface area contributed by atoms with E-state index in [0.717, 1.165) is 29.9 Å². The summed E-state index contributed by atoms with van der Waals surface area (Å²) in [5, 5.41) is 3.29. The van der Waals surface area contributed by atoms with Gasteiger partial charge in [0.15, 0.2) is 0 Å². The molecule has 0 fully saturated rings. The summed E-state index contributed by atoms with van der Waals surface area (Å²) >= 11 is 3.50. The van der Waals surface area contributed by atoms with Crippen LogP contribution in [0.1, 0.15) is 12.5 Å². The first-order valence-electron chi connectivity index (χ1n) is 4.82. The molecule has 1 N–H and O–H groups in total. The Hall–Kier alpha value is -0.540. The minimum atomic E-state index is 0.752. The molecule has 1 aromatic rings. The van der Waals surface area contributed by atoms with Gasteiger partial charge in [-0.15, -0.1) is 0 Å². The third-order valence-electron chi connectivity index (χ3n) is 1.95. The van der Waals surface area contributed by atoms with Gasteiger partial charge in [-0.3, -0.25) is 0 Å². The average Bonchev–Trinajstić information content (AvgIpc) is 2.18. The fraction of sp³-hybridized carbons (Fsp3) is 0.455. The second-order valence-electron chi connectivity index (χ2n) is 3.09. The molecule has 1 rings (SSSR count). The zero-order chi connectivity index (χ0) is 10.4. The molecule has 0 aliphatic heterocycles. The Morgan fingerprint density at radius 2 is 2.21 bits per heavy atom. The quantitative estimate of drug-likeness (QED) is 0.819. The van der Waals surface area contributed by atoms with Gasteiger partial charge in [-0.25, -0.2) is 0 Å². The van der Waals surface area contributed by atoms with Gasteiger partial charge >= 0.3 is 0 Å². The van der Waals surface area contributed by atoms with E-state index in [0.29, 0.717) is 0 Å². The fourth-order valence-electron chi connectivity index (χ4n) is 1.11. The highest BCUT2D eigenvalue weighted by Crippen LogP contribution is 2.20. The van der Waals surface area contributed by atoms with E-state index in [4.69, 9.17) is 4.74 Å². The third-order valence-corrected chi connectivity index (χ3v) is 2.81. The fourth-order valence-corrected chi connectivity index (χ4v) is 1.49. The molecule has 14 heavy (non-hydrogen) atoms. The van der Waals surface area contributed by atoms with Gasteiger partial charge in [0.2, 0.25) is 0 Å². The number of hydrogen-bond acceptors (Lipinski definition) is 2. The Morgan fingerprint density at radius 1 is 1.43 bits per heavy atom. The van der Waals surface area contributed by atoms with Crippen LogP contribution in [0.4, 0.5) is 5.69 Å². The van der Waals surface area contributed by atoms with Crippen molar-refractivity contribution in [2.24, 2.45) is 0 Å². The summed E-state index contributed by atoms with van der Waals surface area (Å²) in [5.41, 5.74) is 2.38. The van der Waals surface area contributed by atoms with Crippen LogP contribution in [0.2, 0.25) is 0 Å². The molecule has 78 valence electrons. The van der Waals surface area contributed by atoms with Crippen molar-refractivity contribution < 1.29 is 4.74 Å². The predicted molar refractivity (Wildman–Crippen MR) is 63.9 cm³/mol. The van der Waals surface area contributed by atoms with Gasteiger partial charge in [0.05, 0.1) is 6.61 Å². The van der Waals surface area contributed by atoms with Crippen molar-refractivity contribution in [2.45, 2.75) is 13.8 Å². The Bertz CT molecular complexity index is 289. The highest BCUT2D eigenvalue weighted by Gasteiger charge is 1.96. The van der Waals surface area contributed by atoms with E-state index in [1.165, 1.54) is 5.56 Å². The lowest BCUT2D eigenvalue weighted by atomic mass is 10.2. The number of nitrogens with one attached hydrogen (secondary N) is 1. The van der Waals surface area contributed by atoms with E-state index in [9.17, 15) is 0 Å². The van der Waals surface area contributed by atoms with Crippen molar-refractivity contribution in [1.82, 2.24) is 0 Å². The number of ether oxygens (including phenoxy) is 1. The lowest BCUT2D eigenvalue weighted by Crippen LogP contribution is -2.09. The highest BCUT2D eigenvalue weighted by molar-refractivity contribution is 9.10. The summed E-state index contributed by atoms with van der Waals surface area (Å²) in [6.07, 6.45) is 0. The van der Waals surface area contributed by atoms with Crippen molar-refractivity contribution in [3.63, 3.8) is 0 Å². The van der Waals surface area contributed by atoms with Crippen LogP contribution >= 0.6 is 15.9 Å². The normalized spacial score (nSPS) is 10.2. The molecule has 0 spiro atoms. The Kier molecular flexibility index (Phi) is 4.98. The van der Waals surface area contributed by atoms with Crippen LogP contribution in [0.3, 0.4) is 0 Å². The smallest absolute Gasteiger partial charge is 0.0638 e. The van der Waals surface area contributed by atoms with E-state index < -0.39 is 0 Å². The molecule has 0 radical (unpaired) electrons.